The quantitative estimate of drug-likeness (QED) is 0.330. The van der Waals surface area contributed by atoms with Crippen molar-refractivity contribution in [1.82, 2.24) is 28.6 Å². The molecule has 4 atom stereocenters. The van der Waals surface area contributed by atoms with Crippen LogP contribution in [0.3, 0.4) is 0 Å². The lowest BCUT2D eigenvalue weighted by Gasteiger charge is -2.02. The number of aromatic nitrogens is 6. The zero-order valence-corrected chi connectivity index (χ0v) is 19.2. The Bertz CT molecular complexity index is 1030. The van der Waals surface area contributed by atoms with Gasteiger partial charge >= 0.3 is 0 Å². The summed E-state index contributed by atoms with van der Waals surface area (Å²) in [4.78, 5) is 19.0. The third kappa shape index (κ3) is 3.17. The van der Waals surface area contributed by atoms with Crippen molar-refractivity contribution in [1.29, 1.82) is 0 Å². The summed E-state index contributed by atoms with van der Waals surface area (Å²) in [5, 5.41) is 0. The smallest absolute Gasteiger partial charge is 0.244 e. The molecule has 134 valence electrons. The van der Waals surface area contributed by atoms with Crippen molar-refractivity contribution in [2.75, 3.05) is 0 Å². The molecule has 0 aliphatic rings. The van der Waals surface area contributed by atoms with Gasteiger partial charge in [-0.15, -0.1) is 0 Å². The standard InChI is InChI=1S/C12H12N6O2P4S2/c21-17-1-5(7-9(17)11(19-23)15-3-13-7)25-26-6-2-18(22)10-8(6)14-4-16-12(10)20-24/h1-4H,21-24H2. The van der Waals surface area contributed by atoms with Crippen LogP contribution in [0.5, 0.6) is 11.8 Å². The van der Waals surface area contributed by atoms with E-state index in [0.29, 0.717) is 11.8 Å². The molecule has 0 N–H and O–H groups in total. The van der Waals surface area contributed by atoms with Crippen molar-refractivity contribution in [3.8, 4) is 11.8 Å². The third-order valence-corrected chi connectivity index (χ3v) is 7.15. The minimum Gasteiger partial charge on any atom is -0.462 e. The largest absolute Gasteiger partial charge is 0.462 e. The monoisotopic (exact) mass is 460 g/mol. The summed E-state index contributed by atoms with van der Waals surface area (Å²) >= 11 is 0. The highest BCUT2D eigenvalue weighted by atomic mass is 33.1. The highest BCUT2D eigenvalue weighted by Gasteiger charge is 2.18. The van der Waals surface area contributed by atoms with E-state index < -0.39 is 0 Å². The van der Waals surface area contributed by atoms with Crippen LogP contribution in [0.15, 0.2) is 34.8 Å². The van der Waals surface area contributed by atoms with Crippen LogP contribution in [0.1, 0.15) is 0 Å². The minimum atomic E-state index is 0.503. The van der Waals surface area contributed by atoms with Crippen LogP contribution >= 0.6 is 59.3 Å². The molecule has 0 saturated carbocycles. The number of nitrogens with zero attached hydrogens (tertiary/aromatic N) is 6. The van der Waals surface area contributed by atoms with Gasteiger partial charge in [-0.05, 0) is 40.4 Å². The fourth-order valence-electron chi connectivity index (χ4n) is 2.44. The lowest BCUT2D eigenvalue weighted by Crippen LogP contribution is -1.87. The SMILES string of the molecule is POc1ncnc2c(SSc3cn(P)c4c(OP)ncnc34)cn(P)c12. The first-order valence-electron chi connectivity index (χ1n) is 6.94. The van der Waals surface area contributed by atoms with Gasteiger partial charge in [-0.1, -0.05) is 0 Å². The molecule has 4 unspecified atom stereocenters. The number of hydrogen-bond acceptors (Lipinski definition) is 8. The number of hydrogen-bond donors (Lipinski definition) is 0. The maximum absolute atomic E-state index is 5.25. The Morgan fingerprint density at radius 2 is 1.15 bits per heavy atom. The van der Waals surface area contributed by atoms with E-state index in [1.165, 1.54) is 12.7 Å². The Morgan fingerprint density at radius 1 is 0.731 bits per heavy atom. The average Bonchev–Trinajstić information content (AvgIpc) is 3.17. The Kier molecular flexibility index (Phi) is 5.52. The van der Waals surface area contributed by atoms with Gasteiger partial charge in [-0.25, -0.2) is 9.97 Å². The minimum absolute atomic E-state index is 0.503. The Morgan fingerprint density at radius 3 is 1.54 bits per heavy atom. The van der Waals surface area contributed by atoms with E-state index >= 15 is 0 Å². The summed E-state index contributed by atoms with van der Waals surface area (Å²) < 4.78 is 14.2. The molecule has 0 aromatic carbocycles. The Labute approximate surface area is 165 Å². The van der Waals surface area contributed by atoms with E-state index in [1.54, 1.807) is 21.6 Å². The molecular weight excluding hydrogens is 448 g/mol. The first kappa shape index (κ1) is 18.6. The van der Waals surface area contributed by atoms with Gasteiger partial charge in [0.1, 0.15) is 34.7 Å². The molecule has 0 aliphatic carbocycles. The van der Waals surface area contributed by atoms with E-state index in [2.05, 4.69) is 57.7 Å². The topological polar surface area (TPSA) is 79.9 Å². The van der Waals surface area contributed by atoms with Crippen molar-refractivity contribution in [2.24, 2.45) is 0 Å². The highest BCUT2D eigenvalue weighted by molar-refractivity contribution is 8.76. The molecule has 4 aromatic rings. The first-order valence-corrected chi connectivity index (χ1v) is 11.1. The molecular formula is C12H12N6O2P4S2. The van der Waals surface area contributed by atoms with Gasteiger partial charge in [0.25, 0.3) is 0 Å². The second-order valence-electron chi connectivity index (χ2n) is 4.96. The van der Waals surface area contributed by atoms with E-state index in [0.717, 1.165) is 31.9 Å². The van der Waals surface area contributed by atoms with Gasteiger partial charge in [-0.3, -0.25) is 0 Å². The maximum Gasteiger partial charge on any atom is 0.244 e. The zero-order chi connectivity index (χ0) is 18.3. The highest BCUT2D eigenvalue weighted by Crippen LogP contribution is 2.45. The third-order valence-electron chi connectivity index (χ3n) is 3.52. The second kappa shape index (κ2) is 7.71. The van der Waals surface area contributed by atoms with E-state index in [1.807, 2.05) is 21.1 Å². The number of rotatable bonds is 5. The molecule has 0 saturated heterocycles. The zero-order valence-electron chi connectivity index (χ0n) is 12.9. The molecule has 26 heavy (non-hydrogen) atoms. The van der Waals surface area contributed by atoms with Gasteiger partial charge in [0.2, 0.25) is 11.8 Å². The molecule has 0 spiro atoms. The van der Waals surface area contributed by atoms with Gasteiger partial charge in [-0.2, -0.15) is 9.97 Å². The van der Waals surface area contributed by atoms with E-state index in [9.17, 15) is 0 Å². The lowest BCUT2D eigenvalue weighted by molar-refractivity contribution is 0.620. The summed E-state index contributed by atoms with van der Waals surface area (Å²) in [6, 6.07) is 0. The predicted molar refractivity (Wildman–Crippen MR) is 118 cm³/mol. The van der Waals surface area contributed by atoms with Crippen LogP contribution in [-0.4, -0.2) is 28.6 Å². The average molecular weight is 460 g/mol. The summed E-state index contributed by atoms with van der Waals surface area (Å²) in [5.41, 5.74) is 3.27. The number of fused-ring (bicyclic) bond motifs is 2. The predicted octanol–water partition coefficient (Wildman–Crippen LogP) is 3.59. The van der Waals surface area contributed by atoms with Crippen LogP contribution in [0, 0.1) is 0 Å². The van der Waals surface area contributed by atoms with Gasteiger partial charge < -0.3 is 17.7 Å². The molecule has 0 radical (unpaired) electrons. The van der Waals surface area contributed by atoms with Crippen molar-refractivity contribution in [2.45, 2.75) is 9.79 Å². The van der Waals surface area contributed by atoms with E-state index in [4.69, 9.17) is 9.05 Å². The fraction of sp³-hybridized carbons (Fsp3) is 0. The van der Waals surface area contributed by atoms with Gasteiger partial charge in [0.15, 0.2) is 0 Å². The Hall–Kier alpha value is -0.740. The van der Waals surface area contributed by atoms with Crippen molar-refractivity contribution < 1.29 is 9.05 Å². The summed E-state index contributed by atoms with van der Waals surface area (Å²) in [6.07, 6.45) is 6.93. The van der Waals surface area contributed by atoms with E-state index in [-0.39, 0.29) is 0 Å². The maximum atomic E-state index is 5.25. The van der Waals surface area contributed by atoms with Crippen molar-refractivity contribution in [3.63, 3.8) is 0 Å². The summed E-state index contributed by atoms with van der Waals surface area (Å²) in [7, 11) is 12.8. The Balaban J connectivity index is 1.71. The normalized spacial score (nSPS) is 11.4. The molecule has 14 heteroatoms. The van der Waals surface area contributed by atoms with Crippen LogP contribution in [-0.2, 0) is 0 Å². The second-order valence-corrected chi connectivity index (χ2v) is 8.75. The summed E-state index contributed by atoms with van der Waals surface area (Å²) in [6.45, 7) is 0. The van der Waals surface area contributed by atoms with Crippen LogP contribution < -0.4 is 9.05 Å². The molecule has 4 aromatic heterocycles. The van der Waals surface area contributed by atoms with Crippen LogP contribution in [0.2, 0.25) is 0 Å². The molecule has 0 fully saturated rings. The van der Waals surface area contributed by atoms with Crippen LogP contribution in [0.25, 0.3) is 22.1 Å². The van der Waals surface area contributed by atoms with Gasteiger partial charge in [0, 0.05) is 12.4 Å². The molecule has 4 rings (SSSR count). The molecule has 0 amide bonds. The van der Waals surface area contributed by atoms with Gasteiger partial charge in [0.05, 0.1) is 28.7 Å². The van der Waals surface area contributed by atoms with Crippen molar-refractivity contribution in [3.05, 3.63) is 25.0 Å². The summed E-state index contributed by atoms with van der Waals surface area (Å²) in [5.74, 6) is 1.01. The van der Waals surface area contributed by atoms with Crippen molar-refractivity contribution >= 4 is 81.4 Å². The first-order chi connectivity index (χ1) is 12.6. The lowest BCUT2D eigenvalue weighted by atomic mass is 10.4. The van der Waals surface area contributed by atoms with Crippen LogP contribution in [0.4, 0.5) is 0 Å². The molecule has 0 bridgehead atoms. The molecule has 4 heterocycles. The molecule has 8 nitrogen and oxygen atoms in total. The fourth-order valence-corrected chi connectivity index (χ4v) is 5.98. The molecule has 0 aliphatic heterocycles.